The molecule has 4 heteroatoms. The van der Waals surface area contributed by atoms with Crippen LogP contribution in [0.5, 0.6) is 11.5 Å². The second-order valence-corrected chi connectivity index (χ2v) is 6.97. The number of hydrogen-bond donors (Lipinski definition) is 0. The highest BCUT2D eigenvalue weighted by Gasteiger charge is 2.32. The number of amides is 1. The van der Waals surface area contributed by atoms with Gasteiger partial charge < -0.3 is 14.4 Å². The van der Waals surface area contributed by atoms with E-state index in [2.05, 4.69) is 19.9 Å². The largest absolute Gasteiger partial charge is 0.485 e. The fourth-order valence-corrected chi connectivity index (χ4v) is 2.86. The maximum atomic E-state index is 11.9. The third-order valence-corrected chi connectivity index (χ3v) is 4.06. The van der Waals surface area contributed by atoms with Crippen LogP contribution in [-0.2, 0) is 13.0 Å². The van der Waals surface area contributed by atoms with Crippen molar-refractivity contribution in [3.8, 4) is 11.5 Å². The van der Waals surface area contributed by atoms with E-state index in [1.165, 1.54) is 5.56 Å². The molecule has 0 saturated heterocycles. The lowest BCUT2D eigenvalue weighted by molar-refractivity contribution is 0.0827. The first-order valence-corrected chi connectivity index (χ1v) is 8.10. The average molecular weight is 325 g/mol. The van der Waals surface area contributed by atoms with Gasteiger partial charge in [0.15, 0.2) is 11.5 Å². The predicted molar refractivity (Wildman–Crippen MR) is 93.6 cm³/mol. The van der Waals surface area contributed by atoms with Crippen LogP contribution in [0, 0.1) is 0 Å². The first-order chi connectivity index (χ1) is 11.4. The van der Waals surface area contributed by atoms with Crippen LogP contribution in [0.3, 0.4) is 0 Å². The zero-order valence-electron chi connectivity index (χ0n) is 14.6. The van der Waals surface area contributed by atoms with Crippen molar-refractivity contribution in [1.82, 2.24) is 4.90 Å². The lowest BCUT2D eigenvalue weighted by Crippen LogP contribution is -2.24. The van der Waals surface area contributed by atoms with Gasteiger partial charge in [-0.15, -0.1) is 0 Å². The maximum Gasteiger partial charge on any atom is 0.253 e. The molecule has 24 heavy (non-hydrogen) atoms. The summed E-state index contributed by atoms with van der Waals surface area (Å²) in [7, 11) is 3.49. The summed E-state index contributed by atoms with van der Waals surface area (Å²) in [4.78, 5) is 13.5. The lowest BCUT2D eigenvalue weighted by Gasteiger charge is -2.18. The van der Waals surface area contributed by atoms with E-state index < -0.39 is 0 Å². The van der Waals surface area contributed by atoms with Gasteiger partial charge in [-0.2, -0.15) is 0 Å². The summed E-state index contributed by atoms with van der Waals surface area (Å²) in [6, 6.07) is 13.5. The molecule has 2 aromatic carbocycles. The number of nitrogens with zero attached hydrogens (tertiary/aromatic N) is 1. The summed E-state index contributed by atoms with van der Waals surface area (Å²) in [5.41, 5.74) is 2.69. The predicted octanol–water partition coefficient (Wildman–Crippen LogP) is 3.68. The molecule has 0 aromatic heterocycles. The Bertz CT molecular complexity index is 748. The van der Waals surface area contributed by atoms with Crippen LogP contribution in [0.4, 0.5) is 0 Å². The van der Waals surface area contributed by atoms with E-state index in [0.717, 1.165) is 23.5 Å². The number of carbonyl (C=O) groups excluding carboxylic acids is 1. The minimum atomic E-state index is -0.185. The number of carbonyl (C=O) groups is 1. The topological polar surface area (TPSA) is 38.8 Å². The van der Waals surface area contributed by atoms with Crippen molar-refractivity contribution in [1.29, 1.82) is 0 Å². The molecular weight excluding hydrogens is 302 g/mol. The summed E-state index contributed by atoms with van der Waals surface area (Å²) in [5.74, 6) is 1.62. The molecular formula is C20H23NO3. The van der Waals surface area contributed by atoms with Crippen molar-refractivity contribution in [3.63, 3.8) is 0 Å². The van der Waals surface area contributed by atoms with Crippen molar-refractivity contribution in [2.75, 3.05) is 14.1 Å². The molecule has 0 unspecified atom stereocenters. The molecule has 3 rings (SSSR count). The molecule has 0 N–H and O–H groups in total. The van der Waals surface area contributed by atoms with Gasteiger partial charge in [0.1, 0.15) is 12.2 Å². The molecule has 0 atom stereocenters. The van der Waals surface area contributed by atoms with E-state index in [-0.39, 0.29) is 11.5 Å². The van der Waals surface area contributed by atoms with Gasteiger partial charge >= 0.3 is 0 Å². The van der Waals surface area contributed by atoms with Crippen molar-refractivity contribution >= 4 is 5.91 Å². The molecule has 0 radical (unpaired) electrons. The van der Waals surface area contributed by atoms with Crippen LogP contribution in [0.25, 0.3) is 0 Å². The SMILES string of the molecule is CN(C)C(=O)c1ccc(COc2cccc3c2OC(C)(C)C3)cc1. The van der Waals surface area contributed by atoms with Gasteiger partial charge in [-0.05, 0) is 37.6 Å². The number of fused-ring (bicyclic) bond motifs is 1. The highest BCUT2D eigenvalue weighted by Crippen LogP contribution is 2.41. The number of rotatable bonds is 4. The Morgan fingerprint density at radius 3 is 2.54 bits per heavy atom. The van der Waals surface area contributed by atoms with E-state index in [9.17, 15) is 4.79 Å². The van der Waals surface area contributed by atoms with Gasteiger partial charge in [0.2, 0.25) is 0 Å². The molecule has 126 valence electrons. The van der Waals surface area contributed by atoms with E-state index in [0.29, 0.717) is 12.2 Å². The third kappa shape index (κ3) is 3.37. The smallest absolute Gasteiger partial charge is 0.253 e. The average Bonchev–Trinajstić information content (AvgIpc) is 2.87. The zero-order chi connectivity index (χ0) is 17.3. The summed E-state index contributed by atoms with van der Waals surface area (Å²) < 4.78 is 12.0. The lowest BCUT2D eigenvalue weighted by atomic mass is 10.0. The molecule has 1 heterocycles. The van der Waals surface area contributed by atoms with Crippen molar-refractivity contribution in [2.24, 2.45) is 0 Å². The maximum absolute atomic E-state index is 11.9. The molecule has 0 saturated carbocycles. The van der Waals surface area contributed by atoms with Gasteiger partial charge in [-0.3, -0.25) is 4.79 Å². The molecule has 0 bridgehead atoms. The fourth-order valence-electron chi connectivity index (χ4n) is 2.86. The number of para-hydroxylation sites is 1. The van der Waals surface area contributed by atoms with Crippen molar-refractivity contribution < 1.29 is 14.3 Å². The summed E-state index contributed by atoms with van der Waals surface area (Å²) in [6.07, 6.45) is 0.890. The van der Waals surface area contributed by atoms with Gasteiger partial charge in [0.05, 0.1) is 0 Å². The number of ether oxygens (including phenoxy) is 2. The first-order valence-electron chi connectivity index (χ1n) is 8.10. The first kappa shape index (κ1) is 16.4. The third-order valence-electron chi connectivity index (χ3n) is 4.06. The molecule has 0 fully saturated rings. The zero-order valence-corrected chi connectivity index (χ0v) is 14.6. The Kier molecular flexibility index (Phi) is 4.22. The van der Waals surface area contributed by atoms with Crippen LogP contribution < -0.4 is 9.47 Å². The van der Waals surface area contributed by atoms with Crippen LogP contribution >= 0.6 is 0 Å². The Labute approximate surface area is 143 Å². The van der Waals surface area contributed by atoms with E-state index in [1.807, 2.05) is 36.4 Å². The Morgan fingerprint density at radius 1 is 1.17 bits per heavy atom. The molecule has 1 aliphatic heterocycles. The highest BCUT2D eigenvalue weighted by atomic mass is 16.5. The minimum absolute atomic E-state index is 0.000946. The Balaban J connectivity index is 1.70. The molecule has 1 amide bonds. The Hall–Kier alpha value is -2.49. The molecule has 0 aliphatic carbocycles. The number of hydrogen-bond acceptors (Lipinski definition) is 3. The van der Waals surface area contributed by atoms with E-state index >= 15 is 0 Å². The summed E-state index contributed by atoms with van der Waals surface area (Å²) >= 11 is 0. The van der Waals surface area contributed by atoms with Crippen LogP contribution in [0.2, 0.25) is 0 Å². The second kappa shape index (κ2) is 6.19. The standard InChI is InChI=1S/C20H23NO3/c1-20(2)12-16-6-5-7-17(18(16)24-20)23-13-14-8-10-15(11-9-14)19(22)21(3)4/h5-11H,12-13H2,1-4H3. The van der Waals surface area contributed by atoms with Gasteiger partial charge in [-0.25, -0.2) is 0 Å². The normalized spacial score (nSPS) is 14.7. The van der Waals surface area contributed by atoms with E-state index in [4.69, 9.17) is 9.47 Å². The molecule has 1 aliphatic rings. The molecule has 0 spiro atoms. The van der Waals surface area contributed by atoms with Crippen molar-refractivity contribution in [3.05, 3.63) is 59.2 Å². The van der Waals surface area contributed by atoms with Crippen LogP contribution in [0.1, 0.15) is 35.3 Å². The minimum Gasteiger partial charge on any atom is -0.485 e. The molecule has 4 nitrogen and oxygen atoms in total. The number of benzene rings is 2. The Morgan fingerprint density at radius 2 is 1.88 bits per heavy atom. The van der Waals surface area contributed by atoms with Gasteiger partial charge in [0.25, 0.3) is 5.91 Å². The summed E-state index contributed by atoms with van der Waals surface area (Å²) in [6.45, 7) is 4.60. The molecule has 2 aromatic rings. The fraction of sp³-hybridized carbons (Fsp3) is 0.350. The van der Waals surface area contributed by atoms with Gasteiger partial charge in [-0.1, -0.05) is 24.3 Å². The quantitative estimate of drug-likeness (QED) is 0.861. The second-order valence-electron chi connectivity index (χ2n) is 6.97. The monoisotopic (exact) mass is 325 g/mol. The van der Waals surface area contributed by atoms with E-state index in [1.54, 1.807) is 19.0 Å². The van der Waals surface area contributed by atoms with Gasteiger partial charge in [0, 0.05) is 31.6 Å². The van der Waals surface area contributed by atoms with Crippen LogP contribution in [-0.4, -0.2) is 30.5 Å². The summed E-state index contributed by atoms with van der Waals surface area (Å²) in [5, 5.41) is 0. The highest BCUT2D eigenvalue weighted by molar-refractivity contribution is 5.93. The van der Waals surface area contributed by atoms with Crippen LogP contribution in [0.15, 0.2) is 42.5 Å². The van der Waals surface area contributed by atoms with Crippen molar-refractivity contribution in [2.45, 2.75) is 32.5 Å².